The Kier molecular flexibility index (Phi) is 9.09. The molecule has 38 heavy (non-hydrogen) atoms. The van der Waals surface area contributed by atoms with Crippen LogP contribution < -0.4 is 0 Å². The maximum absolute atomic E-state index is 15.2. The third kappa shape index (κ3) is 5.90. The van der Waals surface area contributed by atoms with Crippen LogP contribution >= 0.6 is 11.8 Å². The van der Waals surface area contributed by atoms with Crippen LogP contribution in [0.5, 0.6) is 0 Å². The molecule has 0 aliphatic heterocycles. The van der Waals surface area contributed by atoms with Crippen LogP contribution in [0.15, 0.2) is 17.0 Å². The van der Waals surface area contributed by atoms with E-state index < -0.39 is 38.3 Å². The van der Waals surface area contributed by atoms with Gasteiger partial charge in [0.05, 0.1) is 0 Å². The number of halogens is 6. The van der Waals surface area contributed by atoms with E-state index in [0.29, 0.717) is 36.8 Å². The van der Waals surface area contributed by atoms with Crippen molar-refractivity contribution in [2.75, 3.05) is 0 Å². The fraction of sp³-hybridized carbons (Fsp3) is 0.778. The highest BCUT2D eigenvalue weighted by Gasteiger charge is 2.78. The SMILES string of the molecule is O=S(=O)(O)C(F)(F)C(F)(F)C(F)(F)Sc1c(C2CCCCC2)cc(C2CCCCC2)cc1C1CCCCC1. The van der Waals surface area contributed by atoms with Gasteiger partial charge in [-0.3, -0.25) is 4.55 Å². The molecule has 3 saturated carbocycles. The monoisotopic (exact) mass is 586 g/mol. The Bertz CT molecular complexity index is 1040. The molecule has 1 N–H and O–H groups in total. The van der Waals surface area contributed by atoms with Gasteiger partial charge < -0.3 is 0 Å². The van der Waals surface area contributed by atoms with Gasteiger partial charge in [0.1, 0.15) is 0 Å². The largest absolute Gasteiger partial charge is 0.438 e. The molecule has 0 unspecified atom stereocenters. The minimum absolute atomic E-state index is 0.112. The molecule has 0 radical (unpaired) electrons. The molecule has 0 aromatic heterocycles. The third-order valence-electron chi connectivity index (χ3n) is 8.62. The Hall–Kier alpha value is -0.940. The number of benzene rings is 1. The van der Waals surface area contributed by atoms with Gasteiger partial charge in [-0.05, 0) is 84.7 Å². The Morgan fingerprint density at radius 1 is 0.658 bits per heavy atom. The topological polar surface area (TPSA) is 54.4 Å². The van der Waals surface area contributed by atoms with Crippen molar-refractivity contribution in [1.29, 1.82) is 0 Å². The van der Waals surface area contributed by atoms with Crippen LogP contribution in [0.2, 0.25) is 0 Å². The zero-order chi connectivity index (χ0) is 27.8. The second-order valence-corrected chi connectivity index (χ2v) is 13.8. The van der Waals surface area contributed by atoms with Crippen molar-refractivity contribution in [1.82, 2.24) is 0 Å². The summed E-state index contributed by atoms with van der Waals surface area (Å²) in [5.74, 6) is -6.43. The molecule has 4 rings (SSSR count). The van der Waals surface area contributed by atoms with Crippen LogP contribution in [0, 0.1) is 0 Å². The van der Waals surface area contributed by atoms with Crippen LogP contribution in [0.4, 0.5) is 26.3 Å². The molecule has 1 aromatic rings. The Morgan fingerprint density at radius 3 is 1.39 bits per heavy atom. The second-order valence-electron chi connectivity index (χ2n) is 11.2. The van der Waals surface area contributed by atoms with E-state index in [9.17, 15) is 26.0 Å². The van der Waals surface area contributed by atoms with Gasteiger partial charge in [-0.2, -0.15) is 34.8 Å². The average molecular weight is 587 g/mol. The van der Waals surface area contributed by atoms with E-state index in [4.69, 9.17) is 4.55 Å². The summed E-state index contributed by atoms with van der Waals surface area (Å²) in [6.07, 6.45) is 13.3. The maximum atomic E-state index is 15.2. The van der Waals surface area contributed by atoms with E-state index in [0.717, 1.165) is 76.2 Å². The van der Waals surface area contributed by atoms with E-state index in [1.807, 2.05) is 12.1 Å². The lowest BCUT2D eigenvalue weighted by atomic mass is 9.76. The van der Waals surface area contributed by atoms with Crippen LogP contribution in [0.25, 0.3) is 0 Å². The lowest BCUT2D eigenvalue weighted by molar-refractivity contribution is -0.242. The molecule has 1 aromatic carbocycles. The number of rotatable bonds is 8. The fourth-order valence-electron chi connectivity index (χ4n) is 6.45. The van der Waals surface area contributed by atoms with Gasteiger partial charge in [-0.1, -0.05) is 69.9 Å². The van der Waals surface area contributed by atoms with Crippen molar-refractivity contribution in [3.8, 4) is 0 Å². The number of alkyl halides is 6. The lowest BCUT2D eigenvalue weighted by Gasteiger charge is -2.35. The van der Waals surface area contributed by atoms with Crippen LogP contribution in [0.1, 0.15) is 131 Å². The predicted octanol–water partition coefficient (Wildman–Crippen LogP) is 9.63. The van der Waals surface area contributed by atoms with Crippen molar-refractivity contribution >= 4 is 21.9 Å². The first-order valence-electron chi connectivity index (χ1n) is 13.7. The van der Waals surface area contributed by atoms with Crippen LogP contribution in [-0.4, -0.2) is 29.4 Å². The van der Waals surface area contributed by atoms with E-state index in [2.05, 4.69) is 0 Å². The highest BCUT2D eigenvalue weighted by atomic mass is 32.2. The zero-order valence-electron chi connectivity index (χ0n) is 21.3. The molecule has 3 nitrogen and oxygen atoms in total. The smallest absolute Gasteiger partial charge is 0.281 e. The molecular weight excluding hydrogens is 550 g/mol. The molecule has 0 spiro atoms. The van der Waals surface area contributed by atoms with E-state index in [1.165, 1.54) is 0 Å². The summed E-state index contributed by atoms with van der Waals surface area (Å²) in [5.41, 5.74) is 2.02. The van der Waals surface area contributed by atoms with Gasteiger partial charge in [0, 0.05) is 4.90 Å². The van der Waals surface area contributed by atoms with Gasteiger partial charge in [0.25, 0.3) is 0 Å². The third-order valence-corrected chi connectivity index (χ3v) is 10.7. The number of hydrogen-bond donors (Lipinski definition) is 1. The standard InChI is InChI=1S/C27H36F6O3S2/c28-25(29,27(32,33)38(34,35)36)26(30,31)37-24-22(19-12-6-2-7-13-19)16-21(18-10-4-1-5-11-18)17-23(24)20-14-8-3-9-15-20/h16-20H,1-15H2,(H,34,35,36). The molecule has 3 aliphatic rings. The van der Waals surface area contributed by atoms with E-state index in [-0.39, 0.29) is 22.6 Å². The van der Waals surface area contributed by atoms with Crippen molar-refractivity contribution < 1.29 is 39.3 Å². The van der Waals surface area contributed by atoms with Crippen molar-refractivity contribution in [3.05, 3.63) is 28.8 Å². The summed E-state index contributed by atoms with van der Waals surface area (Å²) in [7, 11) is -6.79. The van der Waals surface area contributed by atoms with E-state index in [1.54, 1.807) is 0 Å². The van der Waals surface area contributed by atoms with Gasteiger partial charge >= 0.3 is 26.5 Å². The summed E-state index contributed by atoms with van der Waals surface area (Å²) in [5, 5.41) is -11.8. The Labute approximate surface area is 225 Å². The highest BCUT2D eigenvalue weighted by molar-refractivity contribution is 8.00. The first-order chi connectivity index (χ1) is 17.8. The van der Waals surface area contributed by atoms with Crippen molar-refractivity contribution in [2.45, 2.75) is 135 Å². The molecule has 11 heteroatoms. The van der Waals surface area contributed by atoms with Crippen molar-refractivity contribution in [3.63, 3.8) is 0 Å². The van der Waals surface area contributed by atoms with Gasteiger partial charge in [-0.15, -0.1) is 0 Å². The number of thioether (sulfide) groups is 1. The summed E-state index contributed by atoms with van der Waals surface area (Å²) in [6, 6.07) is 3.69. The molecule has 0 bridgehead atoms. The molecule has 0 heterocycles. The molecular formula is C27H36F6O3S2. The molecule has 0 saturated heterocycles. The minimum atomic E-state index is -6.79. The Morgan fingerprint density at radius 2 is 1.03 bits per heavy atom. The first-order valence-corrected chi connectivity index (χ1v) is 16.0. The fourth-order valence-corrected chi connectivity index (χ4v) is 8.16. The molecule has 3 aliphatic carbocycles. The van der Waals surface area contributed by atoms with Crippen LogP contribution in [-0.2, 0) is 10.1 Å². The summed E-state index contributed by atoms with van der Waals surface area (Å²) >= 11 is -0.647. The Balaban J connectivity index is 1.86. The van der Waals surface area contributed by atoms with E-state index >= 15 is 8.78 Å². The predicted molar refractivity (Wildman–Crippen MR) is 136 cm³/mol. The quantitative estimate of drug-likeness (QED) is 0.187. The van der Waals surface area contributed by atoms with Gasteiger partial charge in [0.15, 0.2) is 0 Å². The molecule has 216 valence electrons. The number of hydrogen-bond acceptors (Lipinski definition) is 3. The summed E-state index contributed by atoms with van der Waals surface area (Å²) < 4.78 is 119. The maximum Gasteiger partial charge on any atom is 0.438 e. The molecule has 3 fully saturated rings. The summed E-state index contributed by atoms with van der Waals surface area (Å²) in [4.78, 5) is -0.112. The normalized spacial score (nSPS) is 22.1. The minimum Gasteiger partial charge on any atom is -0.281 e. The van der Waals surface area contributed by atoms with Gasteiger partial charge in [0.2, 0.25) is 0 Å². The molecule has 0 atom stereocenters. The van der Waals surface area contributed by atoms with Crippen molar-refractivity contribution in [2.24, 2.45) is 0 Å². The van der Waals surface area contributed by atoms with Gasteiger partial charge in [-0.25, -0.2) is 0 Å². The van der Waals surface area contributed by atoms with Crippen LogP contribution in [0.3, 0.4) is 0 Å². The zero-order valence-corrected chi connectivity index (χ0v) is 23.0. The molecule has 0 amide bonds. The average Bonchev–Trinajstić information content (AvgIpc) is 2.89. The second kappa shape index (κ2) is 11.5. The summed E-state index contributed by atoms with van der Waals surface area (Å²) in [6.45, 7) is 0. The highest BCUT2D eigenvalue weighted by Crippen LogP contribution is 2.58. The lowest BCUT2D eigenvalue weighted by Crippen LogP contribution is -2.56. The first kappa shape index (κ1) is 30.0.